The van der Waals surface area contributed by atoms with Crippen LogP contribution in [0.5, 0.6) is 0 Å². The Hall–Kier alpha value is -0.730. The molecule has 1 fully saturated rings. The van der Waals surface area contributed by atoms with Gasteiger partial charge < -0.3 is 0 Å². The summed E-state index contributed by atoms with van der Waals surface area (Å²) in [4.78, 5) is -0.823. The molecule has 0 heterocycles. The van der Waals surface area contributed by atoms with Gasteiger partial charge in [-0.3, -0.25) is 0 Å². The largest absolute Gasteiger partial charge is 0.246 e. The van der Waals surface area contributed by atoms with Gasteiger partial charge in [-0.15, -0.1) is 0 Å². The van der Waals surface area contributed by atoms with Gasteiger partial charge in [-0.2, -0.15) is 16.1 Å². The SMILES string of the molecule is CS[C@@H]1CCC[C@@H]1N(C)S(=O)(=O)c1cc(F)c(F)cc1F. The van der Waals surface area contributed by atoms with E-state index in [0.717, 1.165) is 17.1 Å². The zero-order valence-electron chi connectivity index (χ0n) is 11.6. The summed E-state index contributed by atoms with van der Waals surface area (Å²) in [6.45, 7) is 0. The van der Waals surface area contributed by atoms with Gasteiger partial charge >= 0.3 is 0 Å². The molecule has 2 atom stereocenters. The standard InChI is InChI=1S/C13H16F3NO2S2/c1-17(11-4-3-5-12(11)20-2)21(18,19)13-7-9(15)8(14)6-10(13)16/h6-7,11-12H,3-5H2,1-2H3/t11-,12+/m0/s1. The minimum absolute atomic E-state index is 0.123. The van der Waals surface area contributed by atoms with Gasteiger partial charge in [0.1, 0.15) is 10.7 Å². The molecule has 1 aromatic carbocycles. The van der Waals surface area contributed by atoms with Crippen molar-refractivity contribution in [2.45, 2.75) is 35.4 Å². The van der Waals surface area contributed by atoms with Crippen molar-refractivity contribution in [3.05, 3.63) is 29.6 Å². The molecule has 0 amide bonds. The van der Waals surface area contributed by atoms with E-state index in [4.69, 9.17) is 0 Å². The maximum Gasteiger partial charge on any atom is 0.246 e. The molecule has 118 valence electrons. The maximum absolute atomic E-state index is 13.7. The fourth-order valence-corrected chi connectivity index (χ4v) is 5.22. The van der Waals surface area contributed by atoms with Crippen molar-refractivity contribution in [3.63, 3.8) is 0 Å². The normalized spacial score (nSPS) is 23.0. The predicted octanol–water partition coefficient (Wildman–Crippen LogP) is 3.01. The summed E-state index contributed by atoms with van der Waals surface area (Å²) in [6, 6.07) is 0.397. The molecule has 1 aliphatic rings. The number of halogens is 3. The smallest absolute Gasteiger partial charge is 0.207 e. The molecule has 3 nitrogen and oxygen atoms in total. The average molecular weight is 339 g/mol. The number of benzene rings is 1. The Morgan fingerprint density at radius 3 is 2.38 bits per heavy atom. The average Bonchev–Trinajstić information content (AvgIpc) is 2.89. The summed E-state index contributed by atoms with van der Waals surface area (Å²) >= 11 is 1.56. The van der Waals surface area contributed by atoms with Gasteiger partial charge in [0.05, 0.1) is 0 Å². The Balaban J connectivity index is 2.40. The van der Waals surface area contributed by atoms with E-state index >= 15 is 0 Å². The van der Waals surface area contributed by atoms with Crippen molar-refractivity contribution in [3.8, 4) is 0 Å². The molecular formula is C13H16F3NO2S2. The molecule has 0 aromatic heterocycles. The van der Waals surface area contributed by atoms with Crippen molar-refractivity contribution >= 4 is 21.8 Å². The van der Waals surface area contributed by atoms with Crippen LogP contribution in [-0.2, 0) is 10.0 Å². The van der Waals surface area contributed by atoms with E-state index in [1.165, 1.54) is 7.05 Å². The number of hydrogen-bond donors (Lipinski definition) is 0. The number of rotatable bonds is 4. The second-order valence-electron chi connectivity index (χ2n) is 4.99. The first kappa shape index (κ1) is 16.6. The van der Waals surface area contributed by atoms with E-state index in [1.807, 2.05) is 6.26 Å². The van der Waals surface area contributed by atoms with Crippen molar-refractivity contribution in [2.75, 3.05) is 13.3 Å². The van der Waals surface area contributed by atoms with Crippen molar-refractivity contribution < 1.29 is 21.6 Å². The zero-order chi connectivity index (χ0) is 15.8. The van der Waals surface area contributed by atoms with Gasteiger partial charge in [-0.05, 0) is 25.2 Å². The number of nitrogens with zero attached hydrogens (tertiary/aromatic N) is 1. The quantitative estimate of drug-likeness (QED) is 0.792. The molecule has 0 saturated heterocycles. The fourth-order valence-electron chi connectivity index (χ4n) is 2.63. The van der Waals surface area contributed by atoms with Crippen molar-refractivity contribution in [1.29, 1.82) is 0 Å². The van der Waals surface area contributed by atoms with Crippen LogP contribution < -0.4 is 0 Å². The first-order valence-corrected chi connectivity index (χ1v) is 9.17. The molecule has 0 radical (unpaired) electrons. The highest BCUT2D eigenvalue weighted by Crippen LogP contribution is 2.34. The Morgan fingerprint density at radius 1 is 1.14 bits per heavy atom. The van der Waals surface area contributed by atoms with Gasteiger partial charge in [0.2, 0.25) is 10.0 Å². The van der Waals surface area contributed by atoms with Crippen LogP contribution in [-0.4, -0.2) is 37.3 Å². The van der Waals surface area contributed by atoms with Crippen LogP contribution in [0.2, 0.25) is 0 Å². The maximum atomic E-state index is 13.7. The second kappa shape index (κ2) is 6.18. The van der Waals surface area contributed by atoms with Gasteiger partial charge in [-0.1, -0.05) is 6.42 Å². The van der Waals surface area contributed by atoms with E-state index < -0.39 is 32.4 Å². The molecule has 1 saturated carbocycles. The molecule has 0 unspecified atom stereocenters. The van der Waals surface area contributed by atoms with Gasteiger partial charge in [-0.25, -0.2) is 21.6 Å². The third kappa shape index (κ3) is 3.07. The van der Waals surface area contributed by atoms with E-state index in [1.54, 1.807) is 11.8 Å². The molecule has 1 aliphatic carbocycles. The molecule has 2 rings (SSSR count). The van der Waals surface area contributed by atoms with Crippen LogP contribution in [0.3, 0.4) is 0 Å². The van der Waals surface area contributed by atoms with Crippen LogP contribution >= 0.6 is 11.8 Å². The monoisotopic (exact) mass is 339 g/mol. The van der Waals surface area contributed by atoms with E-state index in [2.05, 4.69) is 0 Å². The first-order valence-electron chi connectivity index (χ1n) is 6.44. The summed E-state index contributed by atoms with van der Waals surface area (Å²) in [7, 11) is -2.84. The lowest BCUT2D eigenvalue weighted by Gasteiger charge is -2.28. The summed E-state index contributed by atoms with van der Waals surface area (Å²) in [6.07, 6.45) is 4.33. The number of hydrogen-bond acceptors (Lipinski definition) is 3. The molecule has 0 aliphatic heterocycles. The van der Waals surface area contributed by atoms with E-state index in [9.17, 15) is 21.6 Å². The van der Waals surface area contributed by atoms with E-state index in [-0.39, 0.29) is 17.4 Å². The lowest BCUT2D eigenvalue weighted by molar-refractivity contribution is 0.375. The molecule has 1 aromatic rings. The topological polar surface area (TPSA) is 37.4 Å². The lowest BCUT2D eigenvalue weighted by Crippen LogP contribution is -2.40. The molecule has 0 bridgehead atoms. The third-order valence-corrected chi connectivity index (χ3v) is 6.87. The first-order chi connectivity index (χ1) is 9.78. The summed E-state index contributed by atoms with van der Waals surface area (Å²) in [5, 5.41) is 0.123. The van der Waals surface area contributed by atoms with Crippen LogP contribution in [0, 0.1) is 17.5 Å². The summed E-state index contributed by atoms with van der Waals surface area (Å²) < 4.78 is 65.9. The van der Waals surface area contributed by atoms with Crippen LogP contribution in [0.15, 0.2) is 17.0 Å². The minimum Gasteiger partial charge on any atom is -0.207 e. The molecule has 0 spiro atoms. The lowest BCUT2D eigenvalue weighted by atomic mass is 10.2. The molecule has 21 heavy (non-hydrogen) atoms. The Morgan fingerprint density at radius 2 is 1.76 bits per heavy atom. The van der Waals surface area contributed by atoms with E-state index in [0.29, 0.717) is 12.5 Å². The van der Waals surface area contributed by atoms with Crippen LogP contribution in [0.4, 0.5) is 13.2 Å². The molecule has 0 N–H and O–H groups in total. The van der Waals surface area contributed by atoms with Gasteiger partial charge in [0.25, 0.3) is 0 Å². The second-order valence-corrected chi connectivity index (χ2v) is 8.03. The minimum atomic E-state index is -4.20. The molecule has 8 heteroatoms. The predicted molar refractivity (Wildman–Crippen MR) is 76.2 cm³/mol. The zero-order valence-corrected chi connectivity index (χ0v) is 13.3. The Bertz CT molecular complexity index is 637. The van der Waals surface area contributed by atoms with Crippen molar-refractivity contribution in [1.82, 2.24) is 4.31 Å². The Labute approximate surface area is 126 Å². The Kier molecular flexibility index (Phi) is 4.89. The highest BCUT2D eigenvalue weighted by molar-refractivity contribution is 7.99. The van der Waals surface area contributed by atoms with Crippen molar-refractivity contribution in [2.24, 2.45) is 0 Å². The summed E-state index contributed by atoms with van der Waals surface area (Å²) in [5.41, 5.74) is 0. The summed E-state index contributed by atoms with van der Waals surface area (Å²) in [5.74, 6) is -4.06. The number of sulfonamides is 1. The highest BCUT2D eigenvalue weighted by Gasteiger charge is 2.37. The molecular weight excluding hydrogens is 323 g/mol. The number of thioether (sulfide) groups is 1. The van der Waals surface area contributed by atoms with Crippen LogP contribution in [0.1, 0.15) is 19.3 Å². The van der Waals surface area contributed by atoms with Gasteiger partial charge in [0, 0.05) is 24.4 Å². The van der Waals surface area contributed by atoms with Gasteiger partial charge in [0.15, 0.2) is 11.6 Å². The van der Waals surface area contributed by atoms with Crippen LogP contribution in [0.25, 0.3) is 0 Å². The third-order valence-electron chi connectivity index (χ3n) is 3.82. The highest BCUT2D eigenvalue weighted by atomic mass is 32.2. The fraction of sp³-hybridized carbons (Fsp3) is 0.538.